The zero-order valence-corrected chi connectivity index (χ0v) is 38.0. The predicted octanol–water partition coefficient (Wildman–Crippen LogP) is 12.5. The lowest BCUT2D eigenvalue weighted by Gasteiger charge is -2.50. The van der Waals surface area contributed by atoms with Crippen LogP contribution in [0.4, 0.5) is 13.2 Å². The fourth-order valence-corrected chi connectivity index (χ4v) is 14.5. The van der Waals surface area contributed by atoms with Crippen LogP contribution in [-0.4, -0.2) is 40.2 Å². The van der Waals surface area contributed by atoms with E-state index in [4.69, 9.17) is 9.47 Å². The van der Waals surface area contributed by atoms with Gasteiger partial charge < -0.3 is 9.47 Å². The summed E-state index contributed by atoms with van der Waals surface area (Å²) in [4.78, 5) is 57.2. The second-order valence-electron chi connectivity index (χ2n) is 19.3. The summed E-state index contributed by atoms with van der Waals surface area (Å²) in [7, 11) is 0. The summed E-state index contributed by atoms with van der Waals surface area (Å²) in [6.07, 6.45) is 29.3. The van der Waals surface area contributed by atoms with Crippen LogP contribution < -0.4 is 0 Å². The summed E-state index contributed by atoms with van der Waals surface area (Å²) in [5.74, 6) is 0.0659. The summed E-state index contributed by atoms with van der Waals surface area (Å²) in [5, 5.41) is 0.0540. The molecule has 5 fully saturated rings. The van der Waals surface area contributed by atoms with Gasteiger partial charge >= 0.3 is 6.18 Å². The summed E-state index contributed by atoms with van der Waals surface area (Å²) < 4.78 is 55.3. The molecule has 4 unspecified atom stereocenters. The molecule has 0 radical (unpaired) electrons. The highest BCUT2D eigenvalue weighted by atomic mass is 32.2. The van der Waals surface area contributed by atoms with Crippen LogP contribution in [0.2, 0.25) is 0 Å². The van der Waals surface area contributed by atoms with Gasteiger partial charge in [0.25, 0.3) is 0 Å². The highest BCUT2D eigenvalue weighted by Gasteiger charge is 2.55. The molecule has 3 aliphatic heterocycles. The number of hydrogen-bond acceptors (Lipinski definition) is 8. The number of fused-ring (bicyclic) bond motifs is 10. The lowest BCUT2D eigenvalue weighted by Crippen LogP contribution is -2.50. The number of ketones is 4. The summed E-state index contributed by atoms with van der Waals surface area (Å²) in [5.41, 5.74) is 2.21. The highest BCUT2D eigenvalue weighted by Crippen LogP contribution is 2.60. The lowest BCUT2D eigenvalue weighted by atomic mass is 9.68. The number of carbonyl (C=O) groups excluding carboxylic acids is 4. The first-order valence-corrected chi connectivity index (χ1v) is 24.9. The summed E-state index contributed by atoms with van der Waals surface area (Å²) in [6.45, 7) is 3.82. The number of halogens is 3. The molecule has 0 amide bonds. The molecular weight excluding hydrogens is 866 g/mol. The number of alkyl halides is 3. The van der Waals surface area contributed by atoms with Crippen molar-refractivity contribution in [2.24, 2.45) is 23.7 Å². The molecule has 1 saturated heterocycles. The molecule has 1 aromatic rings. The van der Waals surface area contributed by atoms with Crippen LogP contribution in [0.1, 0.15) is 106 Å². The first-order chi connectivity index (χ1) is 31.2. The molecule has 0 aromatic carbocycles. The van der Waals surface area contributed by atoms with Gasteiger partial charge in [0, 0.05) is 82.7 Å². The first-order valence-electron chi connectivity index (χ1n) is 23.2. The third-order valence-corrected chi connectivity index (χ3v) is 17.5. The van der Waals surface area contributed by atoms with Crippen LogP contribution in [0, 0.1) is 23.7 Å². The van der Waals surface area contributed by atoms with Crippen molar-refractivity contribution in [1.82, 2.24) is 0 Å². The van der Waals surface area contributed by atoms with E-state index in [1.54, 1.807) is 24.8 Å². The van der Waals surface area contributed by atoms with Crippen molar-refractivity contribution in [3.05, 3.63) is 150 Å². The molecule has 1 aromatic heterocycles. The summed E-state index contributed by atoms with van der Waals surface area (Å²) >= 11 is 3.18. The third kappa shape index (κ3) is 7.13. The highest BCUT2D eigenvalue weighted by molar-refractivity contribution is 8.04. The molecule has 7 aliphatic carbocycles. The van der Waals surface area contributed by atoms with Crippen molar-refractivity contribution in [1.29, 1.82) is 0 Å². The van der Waals surface area contributed by atoms with Gasteiger partial charge in [0.15, 0.2) is 23.1 Å². The number of thioether (sulfide) groups is 1. The van der Waals surface area contributed by atoms with Crippen molar-refractivity contribution in [3.63, 3.8) is 0 Å². The zero-order chi connectivity index (χ0) is 45.0. The fourth-order valence-electron chi connectivity index (χ4n) is 11.8. The minimum Gasteiger partial charge on any atom is -0.487 e. The molecule has 0 N–H and O–H groups in total. The molecule has 334 valence electrons. The quantitative estimate of drug-likeness (QED) is 0.220. The van der Waals surface area contributed by atoms with Crippen LogP contribution in [0.25, 0.3) is 11.6 Å². The summed E-state index contributed by atoms with van der Waals surface area (Å²) in [6, 6.07) is 1.98. The number of rotatable bonds is 3. The van der Waals surface area contributed by atoms with E-state index in [0.29, 0.717) is 21.9 Å². The minimum atomic E-state index is -4.78. The average molecular weight is 915 g/mol. The second-order valence-corrected chi connectivity index (χ2v) is 21.6. The molecule has 65 heavy (non-hydrogen) atoms. The average Bonchev–Trinajstić information content (AvgIpc) is 3.98. The van der Waals surface area contributed by atoms with Crippen molar-refractivity contribution < 1.29 is 41.8 Å². The van der Waals surface area contributed by atoms with Gasteiger partial charge in [0.1, 0.15) is 22.7 Å². The molecule has 6 nitrogen and oxygen atoms in total. The smallest absolute Gasteiger partial charge is 0.410 e. The Kier molecular flexibility index (Phi) is 10.4. The Morgan fingerprint density at radius 2 is 1.35 bits per heavy atom. The van der Waals surface area contributed by atoms with Crippen LogP contribution in [0.15, 0.2) is 134 Å². The molecule has 0 bridgehead atoms. The van der Waals surface area contributed by atoms with E-state index in [1.165, 1.54) is 29.6 Å². The van der Waals surface area contributed by atoms with Crippen molar-refractivity contribution in [2.45, 2.75) is 114 Å². The van der Waals surface area contributed by atoms with Gasteiger partial charge in [0.05, 0.1) is 11.1 Å². The maximum atomic E-state index is 13.7. The monoisotopic (exact) mass is 914 g/mol. The Morgan fingerprint density at radius 1 is 0.708 bits per heavy atom. The van der Waals surface area contributed by atoms with Gasteiger partial charge in [-0.1, -0.05) is 68.4 Å². The Hall–Kier alpha value is -5.00. The van der Waals surface area contributed by atoms with Gasteiger partial charge in [0.2, 0.25) is 0 Å². The Morgan fingerprint density at radius 3 is 2.05 bits per heavy atom. The van der Waals surface area contributed by atoms with Crippen LogP contribution in [-0.2, 0) is 34.3 Å². The topological polar surface area (TPSA) is 86.7 Å². The molecule has 4 heterocycles. The second kappa shape index (κ2) is 15.8. The Labute approximate surface area is 384 Å². The molecule has 11 heteroatoms. The van der Waals surface area contributed by atoms with E-state index in [1.807, 2.05) is 24.3 Å². The lowest BCUT2D eigenvalue weighted by molar-refractivity contribution is -0.116. The maximum Gasteiger partial charge on any atom is 0.410 e. The van der Waals surface area contributed by atoms with E-state index >= 15 is 0 Å². The Balaban J connectivity index is 0.948. The standard InChI is InChI=1S/C54H49F3O6S2/c1-3-4-11-34-41(28-54(55,56)57)49(61)40(46(34)58)25-33-27-43-51(65-33)38-21-31-22-44-37(20-30(31)23-45(38)63-53(43)18-9-6-10-19-53)50-42(52(62-44)16-7-5-8-17-52)26-32(64-50)24-39-47(59)35-14-12-29(2)13-15-36(35)48(39)60/h3-4,11,14-15,20-31,42,50H,5-10,12-13,16-19H2,1-2H3/b4-3-,34-11+,39-24?,40-25-,41-28+. The number of hydrogen-bond donors (Lipinski definition) is 0. The number of Topliss-reactive ketones (excluding diaryl/α,β-unsaturated/α-hetero) is 4. The molecule has 2 spiro atoms. The normalized spacial score (nSPS) is 30.9. The van der Waals surface area contributed by atoms with Gasteiger partial charge in [-0.3, -0.25) is 19.2 Å². The number of ether oxygens (including phenoxy) is 2. The van der Waals surface area contributed by atoms with Crippen molar-refractivity contribution >= 4 is 57.9 Å². The first kappa shape index (κ1) is 42.6. The van der Waals surface area contributed by atoms with Crippen molar-refractivity contribution in [3.8, 4) is 0 Å². The molecular formula is C54H49F3O6S2. The SMILES string of the molecule is C\C=C/C=C1/C(=O)/C(=C/c2cc3c(s2)C2=CC4C=C5OC6(CCCCC6)C6C=C(C=C7C(=O)C8=CCC(C)CC=C8C7=O)SC6C5=CC4C=C2OC32CCCCC2)C(=O)/C1=C/C(F)(F)F. The van der Waals surface area contributed by atoms with Gasteiger partial charge in [-0.2, -0.15) is 13.2 Å². The third-order valence-electron chi connectivity index (χ3n) is 15.0. The zero-order valence-electron chi connectivity index (χ0n) is 36.4. The minimum absolute atomic E-state index is 0.0230. The number of allylic oxidation sites excluding steroid dienone is 19. The van der Waals surface area contributed by atoms with Crippen LogP contribution >= 0.6 is 23.1 Å². The van der Waals surface area contributed by atoms with Crippen LogP contribution in [0.5, 0.6) is 0 Å². The van der Waals surface area contributed by atoms with E-state index in [-0.39, 0.29) is 57.4 Å². The fraction of sp³-hybridized carbons (Fsp3) is 0.407. The van der Waals surface area contributed by atoms with Crippen LogP contribution in [0.3, 0.4) is 0 Å². The molecule has 4 atom stereocenters. The molecule has 4 saturated carbocycles. The van der Waals surface area contributed by atoms with Gasteiger partial charge in [-0.25, -0.2) is 0 Å². The van der Waals surface area contributed by atoms with E-state index in [9.17, 15) is 32.3 Å². The maximum absolute atomic E-state index is 13.7. The molecule has 11 rings (SSSR count). The largest absolute Gasteiger partial charge is 0.487 e. The van der Waals surface area contributed by atoms with E-state index < -0.39 is 34.5 Å². The van der Waals surface area contributed by atoms with Gasteiger partial charge in [-0.05, 0) is 107 Å². The van der Waals surface area contributed by atoms with E-state index in [2.05, 4.69) is 37.3 Å². The Bertz CT molecular complexity index is 2720. The van der Waals surface area contributed by atoms with E-state index in [0.717, 1.165) is 115 Å². The number of thiophene rings is 1. The van der Waals surface area contributed by atoms with Crippen molar-refractivity contribution in [2.75, 3.05) is 0 Å². The molecule has 10 aliphatic rings. The predicted molar refractivity (Wildman–Crippen MR) is 247 cm³/mol. The number of carbonyl (C=O) groups is 4. The van der Waals surface area contributed by atoms with Gasteiger partial charge in [-0.15, -0.1) is 23.1 Å².